The Bertz CT molecular complexity index is 971. The van der Waals surface area contributed by atoms with Gasteiger partial charge < -0.3 is 9.64 Å². The Morgan fingerprint density at radius 2 is 1.96 bits per heavy atom. The van der Waals surface area contributed by atoms with Gasteiger partial charge in [-0.3, -0.25) is 4.79 Å². The van der Waals surface area contributed by atoms with Crippen molar-refractivity contribution in [2.24, 2.45) is 0 Å². The average Bonchev–Trinajstić information content (AvgIpc) is 3.05. The van der Waals surface area contributed by atoms with Gasteiger partial charge in [0, 0.05) is 12.0 Å². The molecule has 2 aliphatic rings. The van der Waals surface area contributed by atoms with E-state index in [0.717, 1.165) is 23.0 Å². The predicted octanol–water partition coefficient (Wildman–Crippen LogP) is 5.09. The molecular weight excluding hydrogens is 398 g/mol. The second kappa shape index (κ2) is 6.65. The standard InChI is InChI=1S/C20H16ClF4NO2/c1-2-12-6-11-5-10(7-15(21)18(11)28-12)13-3-4-14(17(23)16(13)22)19(27)26-8-20(24,25)9-26/h3-5,7,12H,2,6,8-9H2,1H3. The number of benzene rings is 2. The summed E-state index contributed by atoms with van der Waals surface area (Å²) in [5.41, 5.74) is 0.526. The second-order valence-corrected chi connectivity index (χ2v) is 7.51. The minimum Gasteiger partial charge on any atom is -0.488 e. The fraction of sp³-hybridized carbons (Fsp3) is 0.350. The van der Waals surface area contributed by atoms with Gasteiger partial charge in [-0.2, -0.15) is 0 Å². The molecule has 2 heterocycles. The summed E-state index contributed by atoms with van der Waals surface area (Å²) < 4.78 is 60.9. The highest BCUT2D eigenvalue weighted by atomic mass is 35.5. The zero-order valence-electron chi connectivity index (χ0n) is 14.9. The van der Waals surface area contributed by atoms with E-state index < -0.39 is 42.1 Å². The summed E-state index contributed by atoms with van der Waals surface area (Å²) in [5.74, 6) is -5.98. The van der Waals surface area contributed by atoms with Crippen molar-refractivity contribution in [3.8, 4) is 16.9 Å². The molecule has 0 aliphatic carbocycles. The maximum Gasteiger partial charge on any atom is 0.282 e. The van der Waals surface area contributed by atoms with Crippen LogP contribution < -0.4 is 4.74 Å². The molecule has 0 radical (unpaired) electrons. The molecule has 28 heavy (non-hydrogen) atoms. The van der Waals surface area contributed by atoms with Gasteiger partial charge >= 0.3 is 0 Å². The molecule has 0 N–H and O–H groups in total. The number of rotatable bonds is 3. The molecule has 0 aromatic heterocycles. The van der Waals surface area contributed by atoms with Crippen LogP contribution in [0.4, 0.5) is 17.6 Å². The summed E-state index contributed by atoms with van der Waals surface area (Å²) in [4.78, 5) is 12.9. The van der Waals surface area contributed by atoms with Crippen molar-refractivity contribution >= 4 is 17.5 Å². The zero-order chi connectivity index (χ0) is 20.2. The number of hydrogen-bond acceptors (Lipinski definition) is 2. The number of ether oxygens (including phenoxy) is 1. The SMILES string of the molecule is CCC1Cc2cc(-c3ccc(C(=O)N4CC(F)(F)C4)c(F)c3F)cc(Cl)c2O1. The van der Waals surface area contributed by atoms with Gasteiger partial charge in [0.2, 0.25) is 0 Å². The Kier molecular flexibility index (Phi) is 4.53. The molecule has 148 valence electrons. The highest BCUT2D eigenvalue weighted by Gasteiger charge is 2.47. The number of halogens is 5. The third-order valence-corrected chi connectivity index (χ3v) is 5.34. The number of fused-ring (bicyclic) bond motifs is 1. The maximum atomic E-state index is 14.7. The van der Waals surface area contributed by atoms with E-state index in [1.54, 1.807) is 6.07 Å². The molecule has 1 amide bonds. The first-order valence-corrected chi connectivity index (χ1v) is 9.22. The lowest BCUT2D eigenvalue weighted by atomic mass is 9.98. The molecule has 0 spiro atoms. The van der Waals surface area contributed by atoms with Crippen molar-refractivity contribution in [2.45, 2.75) is 31.8 Å². The normalized spacial score (nSPS) is 19.8. The number of carbonyl (C=O) groups is 1. The summed E-state index contributed by atoms with van der Waals surface area (Å²) in [5, 5.41) is 0.297. The number of alkyl halides is 2. The van der Waals surface area contributed by atoms with Crippen molar-refractivity contribution in [1.29, 1.82) is 0 Å². The number of hydrogen-bond donors (Lipinski definition) is 0. The van der Waals surface area contributed by atoms with Crippen LogP contribution in [0.15, 0.2) is 24.3 Å². The van der Waals surface area contributed by atoms with Gasteiger partial charge in [-0.1, -0.05) is 24.6 Å². The Morgan fingerprint density at radius 3 is 2.61 bits per heavy atom. The van der Waals surface area contributed by atoms with Gasteiger partial charge in [-0.05, 0) is 35.7 Å². The molecule has 2 aromatic carbocycles. The lowest BCUT2D eigenvalue weighted by Crippen LogP contribution is -2.58. The summed E-state index contributed by atoms with van der Waals surface area (Å²) in [6.45, 7) is 0.380. The lowest BCUT2D eigenvalue weighted by Gasteiger charge is -2.38. The molecule has 0 saturated carbocycles. The molecule has 4 rings (SSSR count). The molecule has 3 nitrogen and oxygen atoms in total. The minimum atomic E-state index is -2.98. The van der Waals surface area contributed by atoms with E-state index in [2.05, 4.69) is 0 Å². The summed E-state index contributed by atoms with van der Waals surface area (Å²) in [6.07, 6.45) is 1.39. The number of nitrogens with zero attached hydrogens (tertiary/aromatic N) is 1. The van der Waals surface area contributed by atoms with Crippen molar-refractivity contribution in [3.63, 3.8) is 0 Å². The van der Waals surface area contributed by atoms with Crippen LogP contribution in [0.5, 0.6) is 5.75 Å². The third kappa shape index (κ3) is 3.11. The van der Waals surface area contributed by atoms with Crippen LogP contribution in [0.2, 0.25) is 5.02 Å². The van der Waals surface area contributed by atoms with Gasteiger partial charge in [0.05, 0.1) is 23.7 Å². The molecule has 1 fully saturated rings. The van der Waals surface area contributed by atoms with Crippen molar-refractivity contribution in [1.82, 2.24) is 4.90 Å². The van der Waals surface area contributed by atoms with Crippen LogP contribution in [0.3, 0.4) is 0 Å². The maximum absolute atomic E-state index is 14.7. The largest absolute Gasteiger partial charge is 0.488 e. The molecule has 2 aromatic rings. The van der Waals surface area contributed by atoms with E-state index >= 15 is 0 Å². The van der Waals surface area contributed by atoms with Crippen LogP contribution in [0.1, 0.15) is 29.3 Å². The second-order valence-electron chi connectivity index (χ2n) is 7.10. The zero-order valence-corrected chi connectivity index (χ0v) is 15.6. The highest BCUT2D eigenvalue weighted by Crippen LogP contribution is 2.41. The summed E-state index contributed by atoms with van der Waals surface area (Å²) in [7, 11) is 0. The fourth-order valence-electron chi connectivity index (χ4n) is 3.53. The predicted molar refractivity (Wildman–Crippen MR) is 96.1 cm³/mol. The molecule has 0 bridgehead atoms. The van der Waals surface area contributed by atoms with E-state index in [9.17, 15) is 22.4 Å². The number of likely N-dealkylation sites (tertiary alicyclic amines) is 1. The van der Waals surface area contributed by atoms with Gasteiger partial charge in [0.1, 0.15) is 11.9 Å². The van der Waals surface area contributed by atoms with E-state index in [-0.39, 0.29) is 11.7 Å². The van der Waals surface area contributed by atoms with E-state index in [0.29, 0.717) is 22.8 Å². The highest BCUT2D eigenvalue weighted by molar-refractivity contribution is 6.32. The molecular formula is C20H16ClF4NO2. The monoisotopic (exact) mass is 413 g/mol. The molecule has 2 aliphatic heterocycles. The first-order valence-electron chi connectivity index (χ1n) is 8.84. The minimum absolute atomic E-state index is 0.0148. The van der Waals surface area contributed by atoms with Crippen LogP contribution in [-0.2, 0) is 6.42 Å². The van der Waals surface area contributed by atoms with E-state index in [4.69, 9.17) is 16.3 Å². The molecule has 1 unspecified atom stereocenters. The quantitative estimate of drug-likeness (QED) is 0.656. The van der Waals surface area contributed by atoms with Gasteiger partial charge in [-0.25, -0.2) is 17.6 Å². The first kappa shape index (κ1) is 19.1. The van der Waals surface area contributed by atoms with Gasteiger partial charge in [0.25, 0.3) is 11.8 Å². The summed E-state index contributed by atoms with van der Waals surface area (Å²) >= 11 is 6.24. The fourth-order valence-corrected chi connectivity index (χ4v) is 3.82. The Labute approximate surface area is 163 Å². The topological polar surface area (TPSA) is 29.5 Å². The van der Waals surface area contributed by atoms with Crippen molar-refractivity contribution in [2.75, 3.05) is 13.1 Å². The third-order valence-electron chi connectivity index (χ3n) is 5.06. The van der Waals surface area contributed by atoms with Gasteiger partial charge in [0.15, 0.2) is 11.6 Å². The van der Waals surface area contributed by atoms with Crippen molar-refractivity contribution < 1.29 is 27.1 Å². The van der Waals surface area contributed by atoms with Crippen LogP contribution in [-0.4, -0.2) is 35.9 Å². The van der Waals surface area contributed by atoms with Crippen LogP contribution in [0, 0.1) is 11.6 Å². The van der Waals surface area contributed by atoms with Crippen LogP contribution >= 0.6 is 11.6 Å². The lowest BCUT2D eigenvalue weighted by molar-refractivity contribution is -0.113. The Hall–Kier alpha value is -2.28. The number of amides is 1. The van der Waals surface area contributed by atoms with E-state index in [1.165, 1.54) is 12.1 Å². The summed E-state index contributed by atoms with van der Waals surface area (Å²) in [6, 6.07) is 5.54. The first-order chi connectivity index (χ1) is 13.2. The Balaban J connectivity index is 1.67. The molecule has 8 heteroatoms. The molecule has 1 saturated heterocycles. The van der Waals surface area contributed by atoms with Crippen LogP contribution in [0.25, 0.3) is 11.1 Å². The smallest absolute Gasteiger partial charge is 0.282 e. The number of carbonyl (C=O) groups excluding carboxylic acids is 1. The Morgan fingerprint density at radius 1 is 1.25 bits per heavy atom. The average molecular weight is 414 g/mol. The molecule has 1 atom stereocenters. The van der Waals surface area contributed by atoms with Gasteiger partial charge in [-0.15, -0.1) is 0 Å². The van der Waals surface area contributed by atoms with E-state index in [1.807, 2.05) is 6.92 Å². The van der Waals surface area contributed by atoms with Crippen molar-refractivity contribution in [3.05, 3.63) is 52.0 Å².